The Kier molecular flexibility index (Phi) is 3.37. The van der Waals surface area contributed by atoms with Gasteiger partial charge in [-0.15, -0.1) is 0 Å². The number of aryl methyl sites for hydroxylation is 2. The average Bonchev–Trinajstić information content (AvgIpc) is 2.47. The molecule has 0 saturated carbocycles. The number of hydrogen-bond donors (Lipinski definition) is 1. The predicted octanol–water partition coefficient (Wildman–Crippen LogP) is 2.84. The molecule has 1 aliphatic heterocycles. The van der Waals surface area contributed by atoms with Gasteiger partial charge in [-0.1, -0.05) is 24.3 Å². The topological polar surface area (TPSA) is 57.6 Å². The van der Waals surface area contributed by atoms with Gasteiger partial charge in [0.25, 0.3) is 10.0 Å². The molecule has 4 nitrogen and oxygen atoms in total. The number of phenols is 1. The van der Waals surface area contributed by atoms with Crippen molar-refractivity contribution in [1.82, 2.24) is 0 Å². The summed E-state index contributed by atoms with van der Waals surface area (Å²) < 4.78 is 27.1. The maximum Gasteiger partial charge on any atom is 0.264 e. The van der Waals surface area contributed by atoms with Gasteiger partial charge in [-0.3, -0.25) is 4.31 Å². The quantitative estimate of drug-likeness (QED) is 0.928. The fraction of sp³-hybridized carbons (Fsp3) is 0.250. The summed E-state index contributed by atoms with van der Waals surface area (Å²) in [5.74, 6) is 0.0171. The van der Waals surface area contributed by atoms with Crippen LogP contribution in [0.5, 0.6) is 5.75 Å². The highest BCUT2D eigenvalue weighted by Gasteiger charge is 2.31. The van der Waals surface area contributed by atoms with Crippen molar-refractivity contribution < 1.29 is 13.5 Å². The van der Waals surface area contributed by atoms with E-state index in [4.69, 9.17) is 0 Å². The van der Waals surface area contributed by atoms with Crippen LogP contribution in [0, 0.1) is 6.92 Å². The largest absolute Gasteiger partial charge is 0.506 e. The zero-order valence-electron chi connectivity index (χ0n) is 11.8. The maximum absolute atomic E-state index is 12.9. The van der Waals surface area contributed by atoms with Gasteiger partial charge in [-0.05, 0) is 49.1 Å². The monoisotopic (exact) mass is 303 g/mol. The molecule has 0 atom stereocenters. The van der Waals surface area contributed by atoms with E-state index in [1.54, 1.807) is 24.3 Å². The lowest BCUT2D eigenvalue weighted by molar-refractivity contribution is 0.472. The first-order valence-electron chi connectivity index (χ1n) is 6.90. The number of aromatic hydroxyl groups is 1. The fourth-order valence-electron chi connectivity index (χ4n) is 2.74. The smallest absolute Gasteiger partial charge is 0.264 e. The molecule has 1 aliphatic rings. The molecule has 110 valence electrons. The van der Waals surface area contributed by atoms with Crippen LogP contribution in [0.15, 0.2) is 47.4 Å². The molecule has 21 heavy (non-hydrogen) atoms. The predicted molar refractivity (Wildman–Crippen MR) is 82.1 cm³/mol. The number of fused-ring (bicyclic) bond motifs is 1. The summed E-state index contributed by atoms with van der Waals surface area (Å²) in [4.78, 5) is 0.263. The lowest BCUT2D eigenvalue weighted by atomic mass is 10.0. The van der Waals surface area contributed by atoms with Gasteiger partial charge in [0.05, 0.1) is 10.6 Å². The van der Waals surface area contributed by atoms with Gasteiger partial charge in [0, 0.05) is 6.54 Å². The molecule has 1 N–H and O–H groups in total. The maximum atomic E-state index is 12.9. The minimum Gasteiger partial charge on any atom is -0.506 e. The van der Waals surface area contributed by atoms with Crippen molar-refractivity contribution in [1.29, 1.82) is 0 Å². The summed E-state index contributed by atoms with van der Waals surface area (Å²) in [6.45, 7) is 2.25. The Balaban J connectivity index is 2.14. The number of phenolic OH excluding ortho intramolecular Hbond substituents is 1. The molecule has 0 fully saturated rings. The molecule has 0 aliphatic carbocycles. The molecule has 0 amide bonds. The van der Waals surface area contributed by atoms with Gasteiger partial charge in [-0.25, -0.2) is 8.42 Å². The van der Waals surface area contributed by atoms with E-state index >= 15 is 0 Å². The van der Waals surface area contributed by atoms with E-state index in [1.807, 2.05) is 19.1 Å². The number of hydrogen-bond acceptors (Lipinski definition) is 3. The highest BCUT2D eigenvalue weighted by Crippen LogP contribution is 2.38. The third kappa shape index (κ3) is 2.38. The molecule has 5 heteroatoms. The van der Waals surface area contributed by atoms with Crippen molar-refractivity contribution in [3.63, 3.8) is 0 Å². The van der Waals surface area contributed by atoms with Crippen LogP contribution in [0.2, 0.25) is 0 Å². The van der Waals surface area contributed by atoms with Gasteiger partial charge in [0.2, 0.25) is 0 Å². The summed E-state index contributed by atoms with van der Waals surface area (Å²) in [5.41, 5.74) is 2.19. The molecule has 0 unspecified atom stereocenters. The standard InChI is InChI=1S/C16H17NO3S/c1-12-5-2-8-14(11-12)21(19,20)17-10-4-7-13-6-3-9-15(18)16(13)17/h2-3,5-6,8-9,11,18H,4,7,10H2,1H3. The minimum atomic E-state index is -3.65. The van der Waals surface area contributed by atoms with Crippen molar-refractivity contribution in [2.45, 2.75) is 24.7 Å². The Morgan fingerprint density at radius 2 is 1.90 bits per heavy atom. The molecule has 2 aromatic rings. The molecule has 2 aromatic carbocycles. The first-order chi connectivity index (χ1) is 10.00. The highest BCUT2D eigenvalue weighted by atomic mass is 32.2. The zero-order valence-corrected chi connectivity index (χ0v) is 12.6. The minimum absolute atomic E-state index is 0.0171. The van der Waals surface area contributed by atoms with Crippen LogP contribution in [-0.4, -0.2) is 20.1 Å². The number of rotatable bonds is 2. The van der Waals surface area contributed by atoms with Crippen molar-refractivity contribution in [3.05, 3.63) is 53.6 Å². The Labute approximate surface area is 124 Å². The van der Waals surface area contributed by atoms with Gasteiger partial charge in [0.1, 0.15) is 5.75 Å². The fourth-order valence-corrected chi connectivity index (χ4v) is 4.40. The van der Waals surface area contributed by atoms with E-state index in [2.05, 4.69) is 0 Å². The summed E-state index contributed by atoms with van der Waals surface area (Å²) in [6.07, 6.45) is 1.53. The third-order valence-electron chi connectivity index (χ3n) is 3.73. The van der Waals surface area contributed by atoms with E-state index in [-0.39, 0.29) is 10.6 Å². The second-order valence-electron chi connectivity index (χ2n) is 5.28. The lowest BCUT2D eigenvalue weighted by Gasteiger charge is -2.31. The highest BCUT2D eigenvalue weighted by molar-refractivity contribution is 7.92. The van der Waals surface area contributed by atoms with Gasteiger partial charge in [-0.2, -0.15) is 0 Å². The number of para-hydroxylation sites is 1. The Hall–Kier alpha value is -2.01. The van der Waals surface area contributed by atoms with Crippen LogP contribution < -0.4 is 4.31 Å². The second kappa shape index (κ2) is 5.07. The average molecular weight is 303 g/mol. The Morgan fingerprint density at radius 3 is 2.67 bits per heavy atom. The van der Waals surface area contributed by atoms with E-state index < -0.39 is 10.0 Å². The molecule has 0 radical (unpaired) electrons. The van der Waals surface area contributed by atoms with Gasteiger partial charge < -0.3 is 5.11 Å². The van der Waals surface area contributed by atoms with Crippen molar-refractivity contribution >= 4 is 15.7 Å². The van der Waals surface area contributed by atoms with Crippen LogP contribution in [-0.2, 0) is 16.4 Å². The number of benzene rings is 2. The SMILES string of the molecule is Cc1cccc(S(=O)(=O)N2CCCc3cccc(O)c32)c1. The van der Waals surface area contributed by atoms with Crippen LogP contribution in [0.4, 0.5) is 5.69 Å². The third-order valence-corrected chi connectivity index (χ3v) is 5.53. The van der Waals surface area contributed by atoms with Gasteiger partial charge >= 0.3 is 0 Å². The van der Waals surface area contributed by atoms with Crippen LogP contribution in [0.1, 0.15) is 17.5 Å². The first-order valence-corrected chi connectivity index (χ1v) is 8.34. The van der Waals surface area contributed by atoms with E-state index in [0.717, 1.165) is 24.0 Å². The molecule has 3 rings (SSSR count). The van der Waals surface area contributed by atoms with E-state index in [0.29, 0.717) is 12.2 Å². The van der Waals surface area contributed by atoms with E-state index in [9.17, 15) is 13.5 Å². The van der Waals surface area contributed by atoms with Crippen molar-refractivity contribution in [2.24, 2.45) is 0 Å². The summed E-state index contributed by atoms with van der Waals surface area (Å²) in [7, 11) is -3.65. The number of nitrogens with zero attached hydrogens (tertiary/aromatic N) is 1. The number of sulfonamides is 1. The molecule has 0 saturated heterocycles. The molecular formula is C16H17NO3S. The second-order valence-corrected chi connectivity index (χ2v) is 7.14. The summed E-state index contributed by atoms with van der Waals surface area (Å²) in [6, 6.07) is 12.0. The lowest BCUT2D eigenvalue weighted by Crippen LogP contribution is -2.35. The Morgan fingerprint density at radius 1 is 1.14 bits per heavy atom. The van der Waals surface area contributed by atoms with E-state index in [1.165, 1.54) is 10.4 Å². The van der Waals surface area contributed by atoms with Crippen molar-refractivity contribution in [3.8, 4) is 5.75 Å². The van der Waals surface area contributed by atoms with Crippen molar-refractivity contribution in [2.75, 3.05) is 10.8 Å². The summed E-state index contributed by atoms with van der Waals surface area (Å²) >= 11 is 0. The van der Waals surface area contributed by atoms with Crippen LogP contribution in [0.25, 0.3) is 0 Å². The normalized spacial score (nSPS) is 14.8. The molecule has 1 heterocycles. The zero-order chi connectivity index (χ0) is 15.0. The van der Waals surface area contributed by atoms with Gasteiger partial charge in [0.15, 0.2) is 0 Å². The Bertz CT molecular complexity index is 784. The molecule has 0 aromatic heterocycles. The molecule has 0 bridgehead atoms. The summed E-state index contributed by atoms with van der Waals surface area (Å²) in [5, 5.41) is 10.1. The van der Waals surface area contributed by atoms with Crippen LogP contribution >= 0.6 is 0 Å². The molecular weight excluding hydrogens is 286 g/mol. The molecule has 0 spiro atoms. The first kappa shape index (κ1) is 13.9. The van der Waals surface area contributed by atoms with Crippen LogP contribution in [0.3, 0.4) is 0 Å². The number of anilines is 1.